The highest BCUT2D eigenvalue weighted by Crippen LogP contribution is 1.47. The molecular weight excluding hydrogens is 158 g/mol. The summed E-state index contributed by atoms with van der Waals surface area (Å²) in [6.07, 6.45) is 0. The summed E-state index contributed by atoms with van der Waals surface area (Å²) >= 11 is 3.08. The van der Waals surface area contributed by atoms with Crippen LogP contribution < -0.4 is 0 Å². The van der Waals surface area contributed by atoms with E-state index in [2.05, 4.69) is 15.3 Å². The van der Waals surface area contributed by atoms with Crippen molar-refractivity contribution in [3.8, 4) is 0 Å². The van der Waals surface area contributed by atoms with Crippen LogP contribution in [0.5, 0.6) is 0 Å². The third-order valence-electron chi connectivity index (χ3n) is 0. The van der Waals surface area contributed by atoms with Crippen LogP contribution in [0.3, 0.4) is 0 Å². The molecule has 0 saturated carbocycles. The Kier molecular flexibility index (Phi) is 15.0. The van der Waals surface area contributed by atoms with Crippen LogP contribution in [0.2, 0.25) is 0 Å². The van der Waals surface area contributed by atoms with E-state index >= 15 is 0 Å². The van der Waals surface area contributed by atoms with Gasteiger partial charge in [0.1, 0.15) is 0 Å². The summed E-state index contributed by atoms with van der Waals surface area (Å²) in [7, 11) is 7.12. The fourth-order valence-corrected chi connectivity index (χ4v) is 0. The molecule has 0 aromatic rings. The Morgan fingerprint density at radius 3 is 1.17 bits per heavy atom. The highest BCUT2D eigenvalue weighted by molar-refractivity contribution is 9.22. The molecule has 0 fully saturated rings. The van der Waals surface area contributed by atoms with Crippen LogP contribution in [-0.2, 0) is 0 Å². The van der Waals surface area contributed by atoms with Crippen molar-refractivity contribution in [1.82, 2.24) is 4.90 Å². The maximum Gasteiger partial charge on any atom is 0.0825 e. The number of nitrogens with zero attached hydrogens (tertiary/aromatic N) is 1. The first kappa shape index (κ1) is 9.82. The normalized spacial score (nSPS) is 7.50. The summed E-state index contributed by atoms with van der Waals surface area (Å²) in [4.78, 5) is 2.00. The van der Waals surface area contributed by atoms with Crippen LogP contribution in [-0.4, -0.2) is 34.9 Å². The average Bonchev–Trinajstić information content (AvgIpc) is 1.41. The lowest BCUT2D eigenvalue weighted by Crippen LogP contribution is -1.99. The molecule has 1 nitrogen and oxygen atoms in total. The molecule has 0 aromatic carbocycles. The summed E-state index contributed by atoms with van der Waals surface area (Å²) in [6, 6.07) is 0. The second-order valence-electron chi connectivity index (χ2n) is 1.34. The van der Waals surface area contributed by atoms with E-state index in [9.17, 15) is 0 Å². The van der Waals surface area contributed by atoms with Crippen molar-refractivity contribution >= 4 is 24.2 Å². The highest BCUT2D eigenvalue weighted by atomic mass is 79.9. The van der Waals surface area contributed by atoms with Crippen LogP contribution in [0.4, 0.5) is 0 Å². The molecule has 0 spiro atoms. The van der Waals surface area contributed by atoms with Crippen LogP contribution in [0.1, 0.15) is 0 Å². The van der Waals surface area contributed by atoms with Gasteiger partial charge < -0.3 is 4.90 Å². The zero-order valence-corrected chi connectivity index (χ0v) is 8.41. The molecule has 0 atom stereocenters. The zero-order valence-electron chi connectivity index (χ0n) is 4.83. The van der Waals surface area contributed by atoms with Gasteiger partial charge in [-0.15, -0.1) is 15.3 Å². The molecule has 3 heteroatoms. The summed E-state index contributed by atoms with van der Waals surface area (Å²) in [6.45, 7) is 0. The lowest BCUT2D eigenvalue weighted by Gasteiger charge is -1.90. The monoisotopic (exact) mass is 169 g/mol. The second-order valence-corrected chi connectivity index (χ2v) is 1.34. The van der Waals surface area contributed by atoms with E-state index in [0.717, 1.165) is 8.86 Å². The first-order valence-corrected chi connectivity index (χ1v) is 7.23. The highest BCUT2D eigenvalue weighted by Gasteiger charge is 1.58. The van der Waals surface area contributed by atoms with Gasteiger partial charge in [0, 0.05) is 0 Å². The van der Waals surface area contributed by atoms with Crippen molar-refractivity contribution in [2.45, 2.75) is 0 Å². The molecule has 0 bridgehead atoms. The Morgan fingerprint density at radius 1 is 1.17 bits per heavy atom. The summed E-state index contributed by atoms with van der Waals surface area (Å²) in [5.41, 5.74) is 0. The summed E-state index contributed by atoms with van der Waals surface area (Å²) < 4.78 is 0. The van der Waals surface area contributed by atoms with Gasteiger partial charge >= 0.3 is 0 Å². The van der Waals surface area contributed by atoms with Crippen LogP contribution >= 0.6 is 15.3 Å². The Bertz CT molecular complexity index is 15.5. The quantitative estimate of drug-likeness (QED) is 0.360. The minimum Gasteiger partial charge on any atom is -0.312 e. The maximum absolute atomic E-state index is 3.08. The SMILES string of the molecule is CN(C)C.[SiH3]Br. The molecule has 0 aliphatic heterocycles. The van der Waals surface area contributed by atoms with Crippen molar-refractivity contribution in [3.63, 3.8) is 0 Å². The van der Waals surface area contributed by atoms with Gasteiger partial charge in [-0.25, -0.2) is 0 Å². The van der Waals surface area contributed by atoms with Crippen molar-refractivity contribution in [3.05, 3.63) is 0 Å². The number of halogens is 1. The topological polar surface area (TPSA) is 3.24 Å². The molecule has 0 radical (unpaired) electrons. The standard InChI is InChI=1S/C3H9N.BrH3Si/c1-4(2)3;1-2/h1-3H3;2H3. The predicted molar refractivity (Wildman–Crippen MR) is 38.5 cm³/mol. The average molecular weight is 170 g/mol. The lowest BCUT2D eigenvalue weighted by molar-refractivity contribution is 0.505. The number of hydrogen-bond donors (Lipinski definition) is 0. The molecule has 0 N–H and O–H groups in total. The Labute approximate surface area is 50.7 Å². The minimum absolute atomic E-state index is 1.12. The van der Waals surface area contributed by atoms with Gasteiger partial charge in [-0.2, -0.15) is 0 Å². The van der Waals surface area contributed by atoms with Gasteiger partial charge in [-0.3, -0.25) is 0 Å². The number of rotatable bonds is 0. The van der Waals surface area contributed by atoms with E-state index in [0.29, 0.717) is 0 Å². The van der Waals surface area contributed by atoms with Crippen LogP contribution in [0.25, 0.3) is 0 Å². The fraction of sp³-hybridized carbons (Fsp3) is 1.00. The van der Waals surface area contributed by atoms with Gasteiger partial charge in [0.15, 0.2) is 0 Å². The Hall–Kier alpha value is 0.657. The molecule has 0 rings (SSSR count). The molecule has 0 unspecified atom stereocenters. The van der Waals surface area contributed by atoms with Crippen LogP contribution in [0, 0.1) is 0 Å². The largest absolute Gasteiger partial charge is 0.312 e. The Balaban J connectivity index is 0. The van der Waals surface area contributed by atoms with Gasteiger partial charge in [-0.1, -0.05) is 0 Å². The van der Waals surface area contributed by atoms with Gasteiger partial charge in [0.2, 0.25) is 0 Å². The third-order valence-corrected chi connectivity index (χ3v) is 0. The third kappa shape index (κ3) is 144. The lowest BCUT2D eigenvalue weighted by atomic mass is 11.0. The van der Waals surface area contributed by atoms with Gasteiger partial charge in [-0.05, 0) is 21.1 Å². The van der Waals surface area contributed by atoms with Crippen molar-refractivity contribution < 1.29 is 0 Å². The van der Waals surface area contributed by atoms with E-state index in [1.165, 1.54) is 0 Å². The molecule has 0 aliphatic rings. The Morgan fingerprint density at radius 2 is 1.17 bits per heavy atom. The van der Waals surface area contributed by atoms with Gasteiger partial charge in [0.25, 0.3) is 0 Å². The van der Waals surface area contributed by atoms with Crippen molar-refractivity contribution in [1.29, 1.82) is 0 Å². The summed E-state index contributed by atoms with van der Waals surface area (Å²) in [5, 5.41) is 0. The molecule has 0 aliphatic carbocycles. The molecule has 40 valence electrons. The minimum atomic E-state index is 1.12. The van der Waals surface area contributed by atoms with E-state index in [1.807, 2.05) is 26.0 Å². The molecular formula is C3H12BrNSi. The molecule has 0 amide bonds. The van der Waals surface area contributed by atoms with E-state index < -0.39 is 0 Å². The molecule has 6 heavy (non-hydrogen) atoms. The van der Waals surface area contributed by atoms with Crippen molar-refractivity contribution in [2.24, 2.45) is 0 Å². The molecule has 0 saturated heterocycles. The smallest absolute Gasteiger partial charge is 0.0825 e. The first-order chi connectivity index (χ1) is 2.73. The predicted octanol–water partition coefficient (Wildman–Crippen LogP) is -0.161. The van der Waals surface area contributed by atoms with Crippen molar-refractivity contribution in [2.75, 3.05) is 21.1 Å². The van der Waals surface area contributed by atoms with E-state index in [1.54, 1.807) is 0 Å². The second kappa shape index (κ2) is 9.17. The molecule has 0 aromatic heterocycles. The zero-order chi connectivity index (χ0) is 5.58. The maximum atomic E-state index is 3.08. The number of hydrogen-bond acceptors (Lipinski definition) is 1. The fourth-order valence-electron chi connectivity index (χ4n) is 0. The first-order valence-electron chi connectivity index (χ1n) is 1.72. The summed E-state index contributed by atoms with van der Waals surface area (Å²) in [5.74, 6) is 0. The van der Waals surface area contributed by atoms with Gasteiger partial charge in [0.05, 0.1) is 8.86 Å². The van der Waals surface area contributed by atoms with Crippen LogP contribution in [0.15, 0.2) is 0 Å². The molecule has 0 heterocycles. The van der Waals surface area contributed by atoms with E-state index in [-0.39, 0.29) is 0 Å². The van der Waals surface area contributed by atoms with E-state index in [4.69, 9.17) is 0 Å².